The van der Waals surface area contributed by atoms with Gasteiger partial charge in [0.05, 0.1) is 5.69 Å². The molecule has 0 aliphatic carbocycles. The summed E-state index contributed by atoms with van der Waals surface area (Å²) in [7, 11) is 0. The van der Waals surface area contributed by atoms with Gasteiger partial charge in [0.25, 0.3) is 0 Å². The summed E-state index contributed by atoms with van der Waals surface area (Å²) >= 11 is 0. The van der Waals surface area contributed by atoms with Crippen molar-refractivity contribution in [3.63, 3.8) is 0 Å². The van der Waals surface area contributed by atoms with E-state index in [0.29, 0.717) is 19.0 Å². The highest BCUT2D eigenvalue weighted by molar-refractivity contribution is 5.88. The van der Waals surface area contributed by atoms with Gasteiger partial charge in [-0.3, -0.25) is 4.79 Å². The van der Waals surface area contributed by atoms with Gasteiger partial charge in [-0.1, -0.05) is 36.4 Å². The number of rotatable bonds is 5. The molecule has 3 aromatic rings. The Balaban J connectivity index is 1.65. The molecular weight excluding hydrogens is 278 g/mol. The molecule has 0 spiro atoms. The number of H-pyrrole nitrogens is 1. The van der Waals surface area contributed by atoms with E-state index < -0.39 is 0 Å². The molecule has 1 aromatic heterocycles. The second kappa shape index (κ2) is 6.35. The van der Waals surface area contributed by atoms with Crippen molar-refractivity contribution in [2.75, 3.05) is 13.2 Å². The van der Waals surface area contributed by atoms with E-state index in [1.54, 1.807) is 6.20 Å². The third kappa shape index (κ3) is 2.96. The molecule has 1 N–H and O–H groups in total. The highest BCUT2D eigenvalue weighted by Gasteiger charge is 2.05. The van der Waals surface area contributed by atoms with Crippen molar-refractivity contribution in [2.45, 2.75) is 6.92 Å². The third-order valence-corrected chi connectivity index (χ3v) is 3.44. The molecule has 0 saturated heterocycles. The van der Waals surface area contributed by atoms with Crippen LogP contribution in [0.15, 0.2) is 59.5 Å². The van der Waals surface area contributed by atoms with Crippen molar-refractivity contribution in [2.24, 2.45) is 0 Å². The number of ether oxygens (including phenoxy) is 2. The van der Waals surface area contributed by atoms with Crippen molar-refractivity contribution in [1.29, 1.82) is 0 Å². The normalized spacial score (nSPS) is 10.6. The first kappa shape index (κ1) is 14.2. The fraction of sp³-hybridized carbons (Fsp3) is 0.167. The van der Waals surface area contributed by atoms with Crippen LogP contribution in [0.1, 0.15) is 5.69 Å². The number of aryl methyl sites for hydroxylation is 1. The Hall–Kier alpha value is -2.75. The zero-order valence-corrected chi connectivity index (χ0v) is 12.3. The minimum atomic E-state index is -0.124. The predicted octanol–water partition coefficient (Wildman–Crippen LogP) is 3.29. The summed E-state index contributed by atoms with van der Waals surface area (Å²) in [5.74, 6) is 1.17. The lowest BCUT2D eigenvalue weighted by atomic mass is 10.1. The van der Waals surface area contributed by atoms with E-state index in [1.165, 1.54) is 6.07 Å². The molecule has 4 nitrogen and oxygen atoms in total. The molecule has 0 unspecified atom stereocenters. The van der Waals surface area contributed by atoms with Crippen LogP contribution in [0.5, 0.6) is 11.5 Å². The molecular formula is C18H17NO3. The SMILES string of the molecule is Cc1[nH]ccc(=O)c1OCCOc1cccc2ccccc12. The van der Waals surface area contributed by atoms with E-state index in [2.05, 4.69) is 4.98 Å². The first-order valence-electron chi connectivity index (χ1n) is 7.17. The maximum absolute atomic E-state index is 11.7. The monoisotopic (exact) mass is 295 g/mol. The van der Waals surface area contributed by atoms with Gasteiger partial charge in [-0.05, 0) is 18.4 Å². The van der Waals surface area contributed by atoms with Crippen molar-refractivity contribution in [3.8, 4) is 11.5 Å². The molecule has 0 saturated carbocycles. The lowest BCUT2D eigenvalue weighted by Gasteiger charge is -2.11. The fourth-order valence-electron chi connectivity index (χ4n) is 2.36. The van der Waals surface area contributed by atoms with E-state index in [9.17, 15) is 4.79 Å². The number of nitrogens with one attached hydrogen (secondary N) is 1. The average molecular weight is 295 g/mol. The maximum Gasteiger partial charge on any atom is 0.223 e. The van der Waals surface area contributed by atoms with E-state index in [1.807, 2.05) is 49.4 Å². The molecule has 0 amide bonds. The third-order valence-electron chi connectivity index (χ3n) is 3.44. The first-order valence-corrected chi connectivity index (χ1v) is 7.17. The molecule has 0 radical (unpaired) electrons. The van der Waals surface area contributed by atoms with E-state index in [0.717, 1.165) is 22.2 Å². The van der Waals surface area contributed by atoms with Gasteiger partial charge in [0.1, 0.15) is 19.0 Å². The number of aromatic nitrogens is 1. The van der Waals surface area contributed by atoms with E-state index >= 15 is 0 Å². The Kier molecular flexibility index (Phi) is 4.10. The van der Waals surface area contributed by atoms with Gasteiger partial charge in [-0.2, -0.15) is 0 Å². The summed E-state index contributed by atoms with van der Waals surface area (Å²) in [4.78, 5) is 14.7. The van der Waals surface area contributed by atoms with Crippen molar-refractivity contribution >= 4 is 10.8 Å². The maximum atomic E-state index is 11.7. The zero-order valence-electron chi connectivity index (χ0n) is 12.3. The second-order valence-electron chi connectivity index (χ2n) is 4.97. The van der Waals surface area contributed by atoms with Crippen molar-refractivity contribution in [3.05, 3.63) is 70.6 Å². The molecule has 0 bridgehead atoms. The van der Waals surface area contributed by atoms with Gasteiger partial charge in [0, 0.05) is 17.6 Å². The lowest BCUT2D eigenvalue weighted by molar-refractivity contribution is 0.216. The summed E-state index contributed by atoms with van der Waals surface area (Å²) in [6.07, 6.45) is 1.61. The molecule has 2 aromatic carbocycles. The number of benzene rings is 2. The van der Waals surface area contributed by atoms with Crippen molar-refractivity contribution < 1.29 is 9.47 Å². The second-order valence-corrected chi connectivity index (χ2v) is 4.97. The summed E-state index contributed by atoms with van der Waals surface area (Å²) in [5, 5.41) is 2.20. The van der Waals surface area contributed by atoms with Gasteiger partial charge in [-0.15, -0.1) is 0 Å². The largest absolute Gasteiger partial charge is 0.489 e. The van der Waals surface area contributed by atoms with Crippen LogP contribution in [0.2, 0.25) is 0 Å². The van der Waals surface area contributed by atoms with Crippen LogP contribution in [-0.2, 0) is 0 Å². The average Bonchev–Trinajstić information content (AvgIpc) is 2.54. The Morgan fingerprint density at radius 1 is 0.955 bits per heavy atom. The van der Waals surface area contributed by atoms with E-state index in [-0.39, 0.29) is 5.43 Å². The Bertz CT molecular complexity index is 834. The van der Waals surface area contributed by atoms with E-state index in [4.69, 9.17) is 9.47 Å². The summed E-state index contributed by atoms with van der Waals surface area (Å²) in [5.41, 5.74) is 0.596. The molecule has 22 heavy (non-hydrogen) atoms. The van der Waals surface area contributed by atoms with Crippen molar-refractivity contribution in [1.82, 2.24) is 4.98 Å². The Labute approximate surface area is 128 Å². The first-order chi connectivity index (χ1) is 10.8. The molecule has 0 aliphatic rings. The van der Waals surface area contributed by atoms with Crippen LogP contribution in [0.4, 0.5) is 0 Å². The summed E-state index contributed by atoms with van der Waals surface area (Å²) in [6.45, 7) is 2.50. The van der Waals surface area contributed by atoms with Gasteiger partial charge in [-0.25, -0.2) is 0 Å². The smallest absolute Gasteiger partial charge is 0.223 e. The molecule has 0 fully saturated rings. The van der Waals surface area contributed by atoms with Gasteiger partial charge < -0.3 is 14.5 Å². The lowest BCUT2D eigenvalue weighted by Crippen LogP contribution is -2.15. The Morgan fingerprint density at radius 2 is 1.73 bits per heavy atom. The van der Waals surface area contributed by atoms with Crippen LogP contribution in [0, 0.1) is 6.92 Å². The van der Waals surface area contributed by atoms with Gasteiger partial charge in [0.2, 0.25) is 5.43 Å². The molecule has 4 heteroatoms. The number of pyridine rings is 1. The minimum Gasteiger partial charge on any atom is -0.489 e. The summed E-state index contributed by atoms with van der Waals surface area (Å²) in [6, 6.07) is 15.5. The highest BCUT2D eigenvalue weighted by Crippen LogP contribution is 2.24. The van der Waals surface area contributed by atoms with Crippen LogP contribution < -0.4 is 14.9 Å². The predicted molar refractivity (Wildman–Crippen MR) is 86.7 cm³/mol. The van der Waals surface area contributed by atoms with Crippen LogP contribution in [-0.4, -0.2) is 18.2 Å². The topological polar surface area (TPSA) is 51.3 Å². The Morgan fingerprint density at radius 3 is 2.59 bits per heavy atom. The summed E-state index contributed by atoms with van der Waals surface area (Å²) < 4.78 is 11.3. The molecule has 0 atom stereocenters. The van der Waals surface area contributed by atoms with Crippen LogP contribution >= 0.6 is 0 Å². The minimum absolute atomic E-state index is 0.124. The molecule has 0 aliphatic heterocycles. The number of fused-ring (bicyclic) bond motifs is 1. The molecule has 112 valence electrons. The number of hydrogen-bond donors (Lipinski definition) is 1. The standard InChI is InChI=1S/C18H17NO3/c1-13-18(16(20)9-10-19-13)22-12-11-21-17-8-4-6-14-5-2-3-7-15(14)17/h2-10H,11-12H2,1H3,(H,19,20). The molecule has 1 heterocycles. The van der Waals surface area contributed by atoms with Gasteiger partial charge in [0.15, 0.2) is 5.75 Å². The van der Waals surface area contributed by atoms with Crippen LogP contribution in [0.3, 0.4) is 0 Å². The quantitative estimate of drug-likeness (QED) is 0.735. The van der Waals surface area contributed by atoms with Gasteiger partial charge >= 0.3 is 0 Å². The fourth-order valence-corrected chi connectivity index (χ4v) is 2.36. The van der Waals surface area contributed by atoms with Crippen LogP contribution in [0.25, 0.3) is 10.8 Å². The zero-order chi connectivity index (χ0) is 15.4. The number of aromatic amines is 1. The number of hydrogen-bond acceptors (Lipinski definition) is 3. The molecule has 3 rings (SSSR count). The highest BCUT2D eigenvalue weighted by atomic mass is 16.5.